The Morgan fingerprint density at radius 1 is 1.64 bits per heavy atom. The minimum Gasteiger partial charge on any atom is -0.340 e. The molecule has 14 heavy (non-hydrogen) atoms. The number of H-pyrrole nitrogens is 1. The van der Waals surface area contributed by atoms with E-state index in [2.05, 4.69) is 15.0 Å². The first kappa shape index (κ1) is 9.08. The largest absolute Gasteiger partial charge is 0.340 e. The number of aryl methyl sites for hydroxylation is 1. The molecule has 72 valence electrons. The lowest BCUT2D eigenvalue weighted by Gasteiger charge is -1.90. The van der Waals surface area contributed by atoms with Crippen molar-refractivity contribution in [2.45, 2.75) is 13.3 Å². The molecule has 2 aromatic heterocycles. The highest BCUT2D eigenvalue weighted by atomic mass is 32.1. The molecule has 0 aliphatic rings. The maximum absolute atomic E-state index is 10.4. The molecule has 2 aromatic rings. The summed E-state index contributed by atoms with van der Waals surface area (Å²) in [5.41, 5.74) is 1.49. The molecule has 0 saturated heterocycles. The summed E-state index contributed by atoms with van der Waals surface area (Å²) in [7, 11) is 0. The Morgan fingerprint density at radius 3 is 3.07 bits per heavy atom. The maximum atomic E-state index is 10.4. The van der Waals surface area contributed by atoms with Crippen molar-refractivity contribution >= 4 is 17.6 Å². The van der Waals surface area contributed by atoms with Gasteiger partial charge in [0.1, 0.15) is 5.82 Å². The van der Waals surface area contributed by atoms with Gasteiger partial charge in [0.15, 0.2) is 6.29 Å². The number of aromatic amines is 1. The zero-order chi connectivity index (χ0) is 9.97. The number of hydrogen-bond acceptors (Lipinski definition) is 4. The quantitative estimate of drug-likeness (QED) is 0.777. The first-order chi connectivity index (χ1) is 6.78. The second-order valence-electron chi connectivity index (χ2n) is 2.94. The van der Waals surface area contributed by atoms with Crippen LogP contribution in [-0.2, 0) is 6.42 Å². The molecule has 0 aromatic carbocycles. The highest BCUT2D eigenvalue weighted by Gasteiger charge is 2.03. The zero-order valence-electron chi connectivity index (χ0n) is 7.65. The first-order valence-electron chi connectivity index (χ1n) is 4.18. The molecule has 0 fully saturated rings. The van der Waals surface area contributed by atoms with E-state index in [1.807, 2.05) is 12.3 Å². The zero-order valence-corrected chi connectivity index (χ0v) is 8.47. The Labute approximate surface area is 85.0 Å². The Kier molecular flexibility index (Phi) is 2.41. The molecule has 1 N–H and O–H groups in total. The van der Waals surface area contributed by atoms with E-state index >= 15 is 0 Å². The molecule has 0 saturated carbocycles. The molecular weight excluding hydrogens is 198 g/mol. The van der Waals surface area contributed by atoms with Gasteiger partial charge in [-0.15, -0.1) is 11.3 Å². The molecule has 0 bridgehead atoms. The van der Waals surface area contributed by atoms with Gasteiger partial charge >= 0.3 is 0 Å². The summed E-state index contributed by atoms with van der Waals surface area (Å²) in [4.78, 5) is 21.7. The summed E-state index contributed by atoms with van der Waals surface area (Å²) in [5.74, 6) is 0.775. The van der Waals surface area contributed by atoms with Gasteiger partial charge in [-0.3, -0.25) is 4.79 Å². The fourth-order valence-corrected chi connectivity index (χ4v) is 1.80. The van der Waals surface area contributed by atoms with E-state index in [-0.39, 0.29) is 0 Å². The van der Waals surface area contributed by atoms with Gasteiger partial charge in [-0.2, -0.15) is 0 Å². The Balaban J connectivity index is 2.14. The molecule has 0 atom stereocenters. The summed E-state index contributed by atoms with van der Waals surface area (Å²) in [6.07, 6.45) is 2.93. The molecule has 0 aliphatic carbocycles. The Morgan fingerprint density at radius 2 is 2.50 bits per heavy atom. The van der Waals surface area contributed by atoms with Crippen LogP contribution in [0.2, 0.25) is 0 Å². The van der Waals surface area contributed by atoms with E-state index in [1.54, 1.807) is 11.3 Å². The predicted molar refractivity (Wildman–Crippen MR) is 53.6 cm³/mol. The molecule has 2 heterocycles. The summed E-state index contributed by atoms with van der Waals surface area (Å²) in [6, 6.07) is 0. The number of nitrogens with zero attached hydrogens (tertiary/aromatic N) is 2. The summed E-state index contributed by atoms with van der Waals surface area (Å²) < 4.78 is 0. The van der Waals surface area contributed by atoms with E-state index in [0.717, 1.165) is 22.8 Å². The molecular formula is C9H9N3OS. The third kappa shape index (κ3) is 1.88. The van der Waals surface area contributed by atoms with E-state index in [9.17, 15) is 4.79 Å². The lowest BCUT2D eigenvalue weighted by molar-refractivity contribution is 0.111. The van der Waals surface area contributed by atoms with Gasteiger partial charge in [0.25, 0.3) is 0 Å². The van der Waals surface area contributed by atoms with Crippen LogP contribution in [0.15, 0.2) is 11.6 Å². The molecule has 0 unspecified atom stereocenters. The second-order valence-corrected chi connectivity index (χ2v) is 4.00. The van der Waals surface area contributed by atoms with Crippen LogP contribution >= 0.6 is 11.3 Å². The van der Waals surface area contributed by atoms with E-state index in [0.29, 0.717) is 12.1 Å². The summed E-state index contributed by atoms with van der Waals surface area (Å²) >= 11 is 1.61. The number of imidazole rings is 1. The lowest BCUT2D eigenvalue weighted by Crippen LogP contribution is -1.91. The SMILES string of the molecule is Cc1nc(Cc2ncc(C=O)[nH]2)cs1. The smallest absolute Gasteiger partial charge is 0.167 e. The van der Waals surface area contributed by atoms with Gasteiger partial charge < -0.3 is 4.98 Å². The lowest BCUT2D eigenvalue weighted by atomic mass is 10.3. The van der Waals surface area contributed by atoms with Gasteiger partial charge in [0.05, 0.1) is 22.6 Å². The van der Waals surface area contributed by atoms with Crippen molar-refractivity contribution in [3.05, 3.63) is 33.8 Å². The van der Waals surface area contributed by atoms with Crippen LogP contribution in [0.25, 0.3) is 0 Å². The van der Waals surface area contributed by atoms with Crippen molar-refractivity contribution in [2.75, 3.05) is 0 Å². The van der Waals surface area contributed by atoms with Crippen molar-refractivity contribution in [1.82, 2.24) is 15.0 Å². The summed E-state index contributed by atoms with van der Waals surface area (Å²) in [6.45, 7) is 1.97. The molecule has 5 heteroatoms. The van der Waals surface area contributed by atoms with Crippen molar-refractivity contribution < 1.29 is 4.79 Å². The van der Waals surface area contributed by atoms with Crippen molar-refractivity contribution in [3.8, 4) is 0 Å². The molecule has 0 radical (unpaired) electrons. The fourth-order valence-electron chi connectivity index (χ4n) is 1.19. The molecule has 0 aliphatic heterocycles. The van der Waals surface area contributed by atoms with Gasteiger partial charge in [0, 0.05) is 11.8 Å². The highest BCUT2D eigenvalue weighted by Crippen LogP contribution is 2.10. The maximum Gasteiger partial charge on any atom is 0.167 e. The van der Waals surface area contributed by atoms with Crippen LogP contribution in [0.4, 0.5) is 0 Å². The number of aromatic nitrogens is 3. The number of aldehydes is 1. The van der Waals surface area contributed by atoms with Gasteiger partial charge in [-0.05, 0) is 6.92 Å². The van der Waals surface area contributed by atoms with Crippen molar-refractivity contribution in [3.63, 3.8) is 0 Å². The normalized spacial score (nSPS) is 10.4. The first-order valence-corrected chi connectivity index (χ1v) is 5.06. The minimum absolute atomic E-state index is 0.506. The number of carbonyl (C=O) groups excluding carboxylic acids is 1. The van der Waals surface area contributed by atoms with Crippen LogP contribution < -0.4 is 0 Å². The summed E-state index contributed by atoms with van der Waals surface area (Å²) in [5, 5.41) is 3.04. The van der Waals surface area contributed by atoms with Crippen LogP contribution in [0.3, 0.4) is 0 Å². The van der Waals surface area contributed by atoms with Crippen molar-refractivity contribution in [1.29, 1.82) is 0 Å². The highest BCUT2D eigenvalue weighted by molar-refractivity contribution is 7.09. The number of nitrogens with one attached hydrogen (secondary N) is 1. The topological polar surface area (TPSA) is 58.6 Å². The van der Waals surface area contributed by atoms with Gasteiger partial charge in [-0.25, -0.2) is 9.97 Å². The van der Waals surface area contributed by atoms with Gasteiger partial charge in [0.2, 0.25) is 0 Å². The number of thiazole rings is 1. The average Bonchev–Trinajstić information content (AvgIpc) is 2.76. The van der Waals surface area contributed by atoms with Crippen LogP contribution in [0, 0.1) is 6.92 Å². The minimum atomic E-state index is 0.506. The molecule has 2 rings (SSSR count). The Bertz CT molecular complexity index is 446. The molecule has 4 nitrogen and oxygen atoms in total. The number of rotatable bonds is 3. The van der Waals surface area contributed by atoms with Crippen LogP contribution in [-0.4, -0.2) is 21.2 Å². The number of carbonyl (C=O) groups is 1. The second kappa shape index (κ2) is 3.71. The van der Waals surface area contributed by atoms with E-state index in [4.69, 9.17) is 0 Å². The predicted octanol–water partition coefficient (Wildman–Crippen LogP) is 1.58. The van der Waals surface area contributed by atoms with Crippen LogP contribution in [0.5, 0.6) is 0 Å². The van der Waals surface area contributed by atoms with Gasteiger partial charge in [-0.1, -0.05) is 0 Å². The van der Waals surface area contributed by atoms with Crippen LogP contribution in [0.1, 0.15) is 27.0 Å². The average molecular weight is 207 g/mol. The van der Waals surface area contributed by atoms with E-state index < -0.39 is 0 Å². The standard InChI is InChI=1S/C9H9N3OS/c1-6-11-7(5-14-6)2-9-10-3-8(4-13)12-9/h3-5H,2H2,1H3,(H,10,12). The monoisotopic (exact) mass is 207 g/mol. The third-order valence-electron chi connectivity index (χ3n) is 1.79. The molecule has 0 amide bonds. The number of hydrogen-bond donors (Lipinski definition) is 1. The Hall–Kier alpha value is -1.49. The van der Waals surface area contributed by atoms with Crippen molar-refractivity contribution in [2.24, 2.45) is 0 Å². The fraction of sp³-hybridized carbons (Fsp3) is 0.222. The third-order valence-corrected chi connectivity index (χ3v) is 2.61. The van der Waals surface area contributed by atoms with E-state index in [1.165, 1.54) is 6.20 Å². The molecule has 0 spiro atoms.